The molecule has 0 saturated carbocycles. The van der Waals surface area contributed by atoms with Crippen molar-refractivity contribution in [3.05, 3.63) is 54.7 Å². The highest BCUT2D eigenvalue weighted by Gasteiger charge is 2.16. The molecule has 3 aromatic rings. The van der Waals surface area contributed by atoms with Crippen molar-refractivity contribution in [1.82, 2.24) is 14.7 Å². The van der Waals surface area contributed by atoms with Crippen molar-refractivity contribution in [3.8, 4) is 11.1 Å². The molecule has 1 aliphatic rings. The predicted molar refractivity (Wildman–Crippen MR) is 110 cm³/mol. The highest BCUT2D eigenvalue weighted by atomic mass is 32.2. The number of nitrogens with zero attached hydrogens (tertiary/aromatic N) is 2. The number of nitrogens with two attached hydrogens (primary N) is 1. The van der Waals surface area contributed by atoms with Crippen LogP contribution >= 0.6 is 0 Å². The van der Waals surface area contributed by atoms with E-state index in [2.05, 4.69) is 25.3 Å². The molecule has 4 rings (SSSR count). The maximum absolute atomic E-state index is 12.4. The minimum absolute atomic E-state index is 0.198. The molecule has 0 aliphatic carbocycles. The van der Waals surface area contributed by atoms with E-state index in [9.17, 15) is 8.42 Å². The second kappa shape index (κ2) is 7.45. The van der Waals surface area contributed by atoms with Gasteiger partial charge in [0.25, 0.3) is 0 Å². The first-order valence-electron chi connectivity index (χ1n) is 8.85. The Morgan fingerprint density at radius 1 is 1.04 bits per heavy atom. The average molecular weight is 396 g/mol. The number of nitrogens with one attached hydrogen (secondary N) is 3. The summed E-state index contributed by atoms with van der Waals surface area (Å²) in [6, 6.07) is 14.0. The quantitative estimate of drug-likeness (QED) is 0.466. The van der Waals surface area contributed by atoms with Gasteiger partial charge in [-0.15, -0.1) is 0 Å². The zero-order chi connectivity index (χ0) is 19.6. The van der Waals surface area contributed by atoms with Crippen LogP contribution in [0.3, 0.4) is 0 Å². The molecule has 2 heterocycles. The van der Waals surface area contributed by atoms with E-state index in [0.717, 1.165) is 11.1 Å². The normalized spacial score (nSPS) is 15.9. The van der Waals surface area contributed by atoms with E-state index in [-0.39, 0.29) is 4.90 Å². The van der Waals surface area contributed by atoms with E-state index >= 15 is 0 Å². The lowest BCUT2D eigenvalue weighted by atomic mass is 10.1. The maximum atomic E-state index is 12.4. The molecule has 2 aromatic carbocycles. The van der Waals surface area contributed by atoms with Crippen LogP contribution in [0.1, 0.15) is 6.42 Å². The molecule has 5 N–H and O–H groups in total. The number of benzene rings is 2. The Kier molecular flexibility index (Phi) is 4.84. The van der Waals surface area contributed by atoms with Gasteiger partial charge >= 0.3 is 0 Å². The van der Waals surface area contributed by atoms with E-state index in [1.54, 1.807) is 30.5 Å². The van der Waals surface area contributed by atoms with Gasteiger partial charge in [0.05, 0.1) is 4.90 Å². The van der Waals surface area contributed by atoms with Crippen LogP contribution in [0.15, 0.2) is 59.6 Å². The van der Waals surface area contributed by atoms with Crippen molar-refractivity contribution in [2.45, 2.75) is 11.3 Å². The number of rotatable bonds is 1. The fourth-order valence-corrected chi connectivity index (χ4v) is 4.03. The van der Waals surface area contributed by atoms with Crippen molar-refractivity contribution >= 4 is 33.2 Å². The summed E-state index contributed by atoms with van der Waals surface area (Å²) in [6.07, 6.45) is 2.34. The van der Waals surface area contributed by atoms with Gasteiger partial charge in [0.2, 0.25) is 16.0 Å². The second-order valence-corrected chi connectivity index (χ2v) is 8.18. The van der Waals surface area contributed by atoms with Crippen LogP contribution in [0.4, 0.5) is 23.1 Å². The average Bonchev–Trinajstić information content (AvgIpc) is 2.69. The minimum atomic E-state index is -3.56. The molecule has 0 spiro atoms. The van der Waals surface area contributed by atoms with Gasteiger partial charge in [-0.25, -0.2) is 18.1 Å². The molecule has 1 aliphatic heterocycles. The smallest absolute Gasteiger partial charge is 0.240 e. The summed E-state index contributed by atoms with van der Waals surface area (Å²) in [7, 11) is -3.56. The lowest BCUT2D eigenvalue weighted by Gasteiger charge is -2.13. The molecule has 1 aromatic heterocycles. The van der Waals surface area contributed by atoms with Crippen molar-refractivity contribution < 1.29 is 8.42 Å². The van der Waals surface area contributed by atoms with Crippen LogP contribution in [0.2, 0.25) is 0 Å². The first-order valence-corrected chi connectivity index (χ1v) is 10.3. The van der Waals surface area contributed by atoms with Crippen LogP contribution < -0.4 is 21.1 Å². The third-order valence-electron chi connectivity index (χ3n) is 4.35. The molecule has 144 valence electrons. The number of fused-ring (bicyclic) bond motifs is 4. The molecule has 0 unspecified atom stereocenters. The highest BCUT2D eigenvalue weighted by molar-refractivity contribution is 7.89. The van der Waals surface area contributed by atoms with Crippen LogP contribution in [0.5, 0.6) is 0 Å². The summed E-state index contributed by atoms with van der Waals surface area (Å²) >= 11 is 0. The number of nitrogen functional groups attached to an aromatic ring is 1. The van der Waals surface area contributed by atoms with Gasteiger partial charge in [-0.2, -0.15) is 4.98 Å². The first-order chi connectivity index (χ1) is 13.5. The number of anilines is 4. The largest absolute Gasteiger partial charge is 0.399 e. The van der Waals surface area contributed by atoms with Crippen LogP contribution in [-0.4, -0.2) is 31.5 Å². The fourth-order valence-electron chi connectivity index (χ4n) is 2.91. The molecule has 8 nitrogen and oxygen atoms in total. The van der Waals surface area contributed by atoms with E-state index in [4.69, 9.17) is 5.73 Å². The van der Waals surface area contributed by atoms with E-state index in [1.807, 2.05) is 24.3 Å². The molecule has 9 heteroatoms. The van der Waals surface area contributed by atoms with Crippen LogP contribution in [-0.2, 0) is 10.0 Å². The maximum Gasteiger partial charge on any atom is 0.240 e. The van der Waals surface area contributed by atoms with Crippen molar-refractivity contribution in [3.63, 3.8) is 0 Å². The van der Waals surface area contributed by atoms with Crippen molar-refractivity contribution in [2.75, 3.05) is 29.5 Å². The van der Waals surface area contributed by atoms with E-state index in [1.165, 1.54) is 0 Å². The van der Waals surface area contributed by atoms with Gasteiger partial charge in [0.1, 0.15) is 5.82 Å². The van der Waals surface area contributed by atoms with Crippen molar-refractivity contribution in [2.24, 2.45) is 0 Å². The molecule has 0 saturated heterocycles. The van der Waals surface area contributed by atoms with Gasteiger partial charge in [-0.3, -0.25) is 0 Å². The first kappa shape index (κ1) is 18.2. The zero-order valence-electron chi connectivity index (χ0n) is 15.0. The third-order valence-corrected chi connectivity index (χ3v) is 5.81. The van der Waals surface area contributed by atoms with Gasteiger partial charge in [-0.05, 0) is 42.3 Å². The number of hydrogen-bond donors (Lipinski definition) is 4. The molecular formula is C19H20N6O2S. The predicted octanol–water partition coefficient (Wildman–Crippen LogP) is 2.56. The lowest BCUT2D eigenvalue weighted by Crippen LogP contribution is -2.26. The monoisotopic (exact) mass is 396 g/mol. The highest BCUT2D eigenvalue weighted by Crippen LogP contribution is 2.28. The molecular weight excluding hydrogens is 376 g/mol. The lowest BCUT2D eigenvalue weighted by molar-refractivity contribution is 0.580. The molecule has 4 bridgehead atoms. The summed E-state index contributed by atoms with van der Waals surface area (Å²) in [4.78, 5) is 9.18. The molecule has 0 radical (unpaired) electrons. The van der Waals surface area contributed by atoms with Crippen LogP contribution in [0, 0.1) is 0 Å². The summed E-state index contributed by atoms with van der Waals surface area (Å²) in [5.74, 6) is 1.05. The van der Waals surface area contributed by atoms with Gasteiger partial charge in [0, 0.05) is 36.2 Å². The van der Waals surface area contributed by atoms with Gasteiger partial charge in [-0.1, -0.05) is 18.2 Å². The second-order valence-electron chi connectivity index (χ2n) is 6.41. The number of hydrogen-bond acceptors (Lipinski definition) is 7. The number of aromatic nitrogens is 2. The van der Waals surface area contributed by atoms with Gasteiger partial charge < -0.3 is 16.4 Å². The Balaban J connectivity index is 1.74. The van der Waals surface area contributed by atoms with E-state index in [0.29, 0.717) is 42.7 Å². The van der Waals surface area contributed by atoms with Crippen molar-refractivity contribution in [1.29, 1.82) is 0 Å². The zero-order valence-corrected chi connectivity index (χ0v) is 15.8. The SMILES string of the molecule is Nc1ccc(-c2cnc3nc2NCCCNS(=O)(=O)c2cccc(c2)N3)cc1. The molecule has 0 fully saturated rings. The standard InChI is InChI=1S/C19H20N6O2S/c20-14-7-5-13(6-8-14)17-12-22-19-24-15-3-1-4-16(11-15)28(26,27)23-10-2-9-21-18(17)25-19/h1,3-8,11-12,23H,2,9-10,20H2,(H2,21,22,24,25). The summed E-state index contributed by atoms with van der Waals surface area (Å²) in [5.41, 5.74) is 8.84. The van der Waals surface area contributed by atoms with Gasteiger partial charge in [0.15, 0.2) is 0 Å². The molecule has 28 heavy (non-hydrogen) atoms. The Bertz CT molecular complexity index is 1100. The Hall–Kier alpha value is -3.17. The topological polar surface area (TPSA) is 122 Å². The fraction of sp³-hybridized carbons (Fsp3) is 0.158. The summed E-state index contributed by atoms with van der Waals surface area (Å²) in [5, 5.41) is 6.36. The van der Waals surface area contributed by atoms with E-state index < -0.39 is 10.0 Å². The Morgan fingerprint density at radius 2 is 1.86 bits per heavy atom. The summed E-state index contributed by atoms with van der Waals surface area (Å²) in [6.45, 7) is 0.876. The molecule has 0 amide bonds. The summed E-state index contributed by atoms with van der Waals surface area (Å²) < 4.78 is 27.5. The minimum Gasteiger partial charge on any atom is -0.399 e. The number of sulfonamides is 1. The Morgan fingerprint density at radius 3 is 2.68 bits per heavy atom. The van der Waals surface area contributed by atoms with Crippen LogP contribution in [0.25, 0.3) is 11.1 Å². The Labute approximate surface area is 163 Å². The molecule has 0 atom stereocenters. The third kappa shape index (κ3) is 3.90.